The third-order valence-electron chi connectivity index (χ3n) is 2.14. The first-order valence-electron chi connectivity index (χ1n) is 4.83. The van der Waals surface area contributed by atoms with Gasteiger partial charge in [-0.25, -0.2) is 4.98 Å². The van der Waals surface area contributed by atoms with Gasteiger partial charge in [0.2, 0.25) is 5.88 Å². The van der Waals surface area contributed by atoms with Crippen molar-refractivity contribution in [1.82, 2.24) is 20.1 Å². The predicted molar refractivity (Wildman–Crippen MR) is 57.8 cm³/mol. The Hall–Kier alpha value is -2.43. The number of aromatic nitrogens is 4. The number of hydrogen-bond acceptors (Lipinski definition) is 4. The highest BCUT2D eigenvalue weighted by Gasteiger charge is 2.04. The fraction of sp³-hybridized carbons (Fsp3) is 0. The molecule has 0 aliphatic carbocycles. The summed E-state index contributed by atoms with van der Waals surface area (Å²) in [7, 11) is 0. The van der Waals surface area contributed by atoms with Crippen molar-refractivity contribution in [1.29, 1.82) is 0 Å². The van der Waals surface area contributed by atoms with Crippen molar-refractivity contribution < 1.29 is 4.84 Å². The van der Waals surface area contributed by atoms with Crippen LogP contribution in [0.25, 0.3) is 11.0 Å². The molecule has 3 rings (SSSR count). The molecule has 0 atom stereocenters. The molecular weight excluding hydrogens is 204 g/mol. The van der Waals surface area contributed by atoms with Crippen molar-refractivity contribution in [3.8, 4) is 5.88 Å². The maximum atomic E-state index is 5.46. The van der Waals surface area contributed by atoms with Crippen LogP contribution in [0.4, 0.5) is 0 Å². The van der Waals surface area contributed by atoms with Crippen LogP contribution in [-0.2, 0) is 0 Å². The van der Waals surface area contributed by atoms with Gasteiger partial charge in [-0.3, -0.25) is 0 Å². The van der Waals surface area contributed by atoms with Gasteiger partial charge in [-0.2, -0.15) is 0 Å². The number of hydrogen-bond donors (Lipinski definition) is 0. The molecule has 0 N–H and O–H groups in total. The Morgan fingerprint density at radius 3 is 2.75 bits per heavy atom. The van der Waals surface area contributed by atoms with Gasteiger partial charge in [0, 0.05) is 12.3 Å². The van der Waals surface area contributed by atoms with Crippen molar-refractivity contribution >= 4 is 11.0 Å². The Kier molecular flexibility index (Phi) is 2.00. The lowest BCUT2D eigenvalue weighted by Crippen LogP contribution is -2.07. The Morgan fingerprint density at radius 1 is 1.00 bits per heavy atom. The number of rotatable bonds is 2. The van der Waals surface area contributed by atoms with Crippen LogP contribution in [0, 0.1) is 0 Å². The van der Waals surface area contributed by atoms with E-state index in [2.05, 4.69) is 15.3 Å². The summed E-state index contributed by atoms with van der Waals surface area (Å²) in [5.41, 5.74) is 1.60. The van der Waals surface area contributed by atoms with Gasteiger partial charge in [0.15, 0.2) is 0 Å². The van der Waals surface area contributed by atoms with Gasteiger partial charge in [0.05, 0.1) is 0 Å². The molecule has 0 saturated heterocycles. The minimum absolute atomic E-state index is 0.484. The second-order valence-electron chi connectivity index (χ2n) is 3.21. The van der Waals surface area contributed by atoms with Gasteiger partial charge >= 0.3 is 0 Å². The van der Waals surface area contributed by atoms with Crippen LogP contribution in [0.1, 0.15) is 0 Å². The number of para-hydroxylation sites is 1. The van der Waals surface area contributed by atoms with E-state index in [1.54, 1.807) is 12.3 Å². The molecule has 0 fully saturated rings. The summed E-state index contributed by atoms with van der Waals surface area (Å²) in [5, 5.41) is 7.87. The van der Waals surface area contributed by atoms with Crippen LogP contribution in [-0.4, -0.2) is 20.1 Å². The van der Waals surface area contributed by atoms with Crippen LogP contribution >= 0.6 is 0 Å². The molecule has 5 nitrogen and oxygen atoms in total. The normalized spacial score (nSPS) is 10.5. The second kappa shape index (κ2) is 3.62. The smallest absolute Gasteiger partial charge is 0.248 e. The van der Waals surface area contributed by atoms with E-state index >= 15 is 0 Å². The van der Waals surface area contributed by atoms with Gasteiger partial charge < -0.3 is 4.84 Å². The average Bonchev–Trinajstić information content (AvgIpc) is 2.74. The minimum Gasteiger partial charge on any atom is -0.336 e. The number of benzene rings is 1. The third-order valence-corrected chi connectivity index (χ3v) is 2.14. The highest BCUT2D eigenvalue weighted by atomic mass is 16.7. The maximum Gasteiger partial charge on any atom is 0.248 e. The molecule has 5 heteroatoms. The molecule has 0 aliphatic rings. The largest absolute Gasteiger partial charge is 0.336 e. The van der Waals surface area contributed by atoms with Gasteiger partial charge in [0.1, 0.15) is 11.0 Å². The number of fused-ring (bicyclic) bond motifs is 1. The lowest BCUT2D eigenvalue weighted by molar-refractivity contribution is 0.176. The van der Waals surface area contributed by atoms with Crippen molar-refractivity contribution in [3.05, 3.63) is 48.7 Å². The lowest BCUT2D eigenvalue weighted by Gasteiger charge is -2.02. The molecule has 0 saturated carbocycles. The highest BCUT2D eigenvalue weighted by Crippen LogP contribution is 2.11. The topological polar surface area (TPSA) is 52.8 Å². The molecule has 16 heavy (non-hydrogen) atoms. The van der Waals surface area contributed by atoms with Crippen molar-refractivity contribution in [2.45, 2.75) is 0 Å². The SMILES string of the molecule is c1ccc(On2nnc3ccccc32)nc1. The van der Waals surface area contributed by atoms with Crippen LogP contribution in [0.15, 0.2) is 48.7 Å². The Labute approximate surface area is 91.3 Å². The molecule has 0 bridgehead atoms. The molecule has 1 aromatic carbocycles. The Balaban J connectivity index is 2.01. The average molecular weight is 212 g/mol. The van der Waals surface area contributed by atoms with Crippen LogP contribution in [0.3, 0.4) is 0 Å². The van der Waals surface area contributed by atoms with Gasteiger partial charge in [-0.15, -0.1) is 5.10 Å². The quantitative estimate of drug-likeness (QED) is 0.648. The van der Waals surface area contributed by atoms with Crippen molar-refractivity contribution in [3.63, 3.8) is 0 Å². The molecule has 0 unspecified atom stereocenters. The fourth-order valence-electron chi connectivity index (χ4n) is 1.40. The summed E-state index contributed by atoms with van der Waals surface area (Å²) >= 11 is 0. The summed E-state index contributed by atoms with van der Waals surface area (Å²) < 4.78 is 0. The molecule has 0 spiro atoms. The molecular formula is C11H8N4O. The van der Waals surface area contributed by atoms with E-state index in [9.17, 15) is 0 Å². The van der Waals surface area contributed by atoms with E-state index < -0.39 is 0 Å². The summed E-state index contributed by atoms with van der Waals surface area (Å²) in [6.07, 6.45) is 1.66. The molecule has 78 valence electrons. The lowest BCUT2D eigenvalue weighted by atomic mass is 10.3. The molecule has 0 aliphatic heterocycles. The summed E-state index contributed by atoms with van der Waals surface area (Å²) in [6.45, 7) is 0. The summed E-state index contributed by atoms with van der Waals surface area (Å²) in [5.74, 6) is 0.484. The zero-order valence-electron chi connectivity index (χ0n) is 8.32. The number of nitrogens with zero attached hydrogens (tertiary/aromatic N) is 4. The van der Waals surface area contributed by atoms with Crippen molar-refractivity contribution in [2.24, 2.45) is 0 Å². The van der Waals surface area contributed by atoms with E-state index in [0.29, 0.717) is 5.88 Å². The van der Waals surface area contributed by atoms with Gasteiger partial charge in [0.25, 0.3) is 0 Å². The molecule has 3 aromatic rings. The zero-order chi connectivity index (χ0) is 10.8. The molecule has 0 radical (unpaired) electrons. The van der Waals surface area contributed by atoms with Crippen LogP contribution in [0.5, 0.6) is 5.88 Å². The first-order chi connectivity index (χ1) is 7.93. The van der Waals surface area contributed by atoms with Gasteiger partial charge in [-0.1, -0.05) is 23.0 Å². The zero-order valence-corrected chi connectivity index (χ0v) is 8.32. The van der Waals surface area contributed by atoms with E-state index in [0.717, 1.165) is 11.0 Å². The summed E-state index contributed by atoms with van der Waals surface area (Å²) in [4.78, 5) is 10.9. The minimum atomic E-state index is 0.484. The monoisotopic (exact) mass is 212 g/mol. The first kappa shape index (κ1) is 8.84. The third kappa shape index (κ3) is 1.48. The number of pyridine rings is 1. The maximum absolute atomic E-state index is 5.46. The summed E-state index contributed by atoms with van der Waals surface area (Å²) in [6, 6.07) is 13.0. The highest BCUT2D eigenvalue weighted by molar-refractivity contribution is 5.73. The van der Waals surface area contributed by atoms with Crippen LogP contribution < -0.4 is 4.84 Å². The standard InChI is InChI=1S/C11H8N4O/c1-2-6-10-9(5-1)13-14-15(10)16-11-7-3-4-8-12-11/h1-8H. The van der Waals surface area contributed by atoms with E-state index in [4.69, 9.17) is 4.84 Å². The second-order valence-corrected chi connectivity index (χ2v) is 3.21. The van der Waals surface area contributed by atoms with Crippen LogP contribution in [0.2, 0.25) is 0 Å². The predicted octanol–water partition coefficient (Wildman–Crippen LogP) is 1.67. The Bertz CT molecular complexity index is 605. The van der Waals surface area contributed by atoms with E-state index in [1.165, 1.54) is 4.85 Å². The Morgan fingerprint density at radius 2 is 1.88 bits per heavy atom. The van der Waals surface area contributed by atoms with Gasteiger partial charge in [-0.05, 0) is 23.4 Å². The molecule has 2 aromatic heterocycles. The van der Waals surface area contributed by atoms with Crippen molar-refractivity contribution in [2.75, 3.05) is 0 Å². The molecule has 2 heterocycles. The molecule has 0 amide bonds. The first-order valence-corrected chi connectivity index (χ1v) is 4.83. The van der Waals surface area contributed by atoms with E-state index in [1.807, 2.05) is 36.4 Å². The fourth-order valence-corrected chi connectivity index (χ4v) is 1.40. The van der Waals surface area contributed by atoms with E-state index in [-0.39, 0.29) is 0 Å².